The SMILES string of the molecule is CC1=C(/C=C/c2cccc(C(CCN)C(F)(F)F)c2)C(C)(C)CCC1.CC1=C(/C=C/c2cccc(C(N)CCN3C(=O)c4ccccc4C3=O)c2)C(C)(C)CCC1.CCO.N=N.O.[HH]. The summed E-state index contributed by atoms with van der Waals surface area (Å²) < 4.78 is 39.8. The Balaban J connectivity index is 0.000000579. The third-order valence-corrected chi connectivity index (χ3v) is 12.0. The van der Waals surface area contributed by atoms with Crippen LogP contribution in [0.4, 0.5) is 13.2 Å². The van der Waals surface area contributed by atoms with E-state index < -0.39 is 12.1 Å². The second-order valence-corrected chi connectivity index (χ2v) is 17.6. The summed E-state index contributed by atoms with van der Waals surface area (Å²) >= 11 is 0. The number of hydrogen-bond donors (Lipinski definition) is 5. The Hall–Kier alpha value is -5.01. The number of halogens is 3. The molecule has 9 nitrogen and oxygen atoms in total. The van der Waals surface area contributed by atoms with Gasteiger partial charge in [0.15, 0.2) is 0 Å². The Kier molecular flexibility index (Phi) is 21.2. The number of imide groups is 1. The van der Waals surface area contributed by atoms with E-state index in [0.29, 0.717) is 24.1 Å². The maximum absolute atomic E-state index is 13.3. The molecule has 63 heavy (non-hydrogen) atoms. The lowest BCUT2D eigenvalue weighted by molar-refractivity contribution is -0.151. The van der Waals surface area contributed by atoms with Gasteiger partial charge in [0.1, 0.15) is 0 Å². The van der Waals surface area contributed by atoms with E-state index in [9.17, 15) is 22.8 Å². The fourth-order valence-electron chi connectivity index (χ4n) is 8.72. The first-order valence-electron chi connectivity index (χ1n) is 21.6. The number of allylic oxidation sites excluding steroid dienone is 6. The number of nitrogens with one attached hydrogen (secondary N) is 2. The van der Waals surface area contributed by atoms with Crippen LogP contribution < -0.4 is 11.5 Å². The Labute approximate surface area is 374 Å². The number of fused-ring (bicyclic) bond motifs is 1. The minimum atomic E-state index is -4.27. The second kappa shape index (κ2) is 24.7. The molecule has 0 aromatic heterocycles. The number of carbonyl (C=O) groups excluding carboxylic acids is 2. The summed E-state index contributed by atoms with van der Waals surface area (Å²) in [6.45, 7) is 15.8. The van der Waals surface area contributed by atoms with Gasteiger partial charge in [-0.15, -0.1) is 0 Å². The van der Waals surface area contributed by atoms with Gasteiger partial charge in [-0.2, -0.15) is 13.2 Å². The van der Waals surface area contributed by atoms with Crippen molar-refractivity contribution in [2.45, 2.75) is 118 Å². The van der Waals surface area contributed by atoms with E-state index in [1.807, 2.05) is 24.3 Å². The molecule has 0 bridgehead atoms. The number of alkyl halides is 3. The number of hydrogen-bond acceptors (Lipinski definition) is 7. The van der Waals surface area contributed by atoms with Crippen molar-refractivity contribution in [3.8, 4) is 0 Å². The van der Waals surface area contributed by atoms with Gasteiger partial charge >= 0.3 is 6.18 Å². The molecule has 0 spiro atoms. The smallest absolute Gasteiger partial charge is 0.395 e. The van der Waals surface area contributed by atoms with Gasteiger partial charge < -0.3 is 22.1 Å². The minimum Gasteiger partial charge on any atom is -0.412 e. The first-order chi connectivity index (χ1) is 29.3. The molecule has 6 rings (SSSR count). The number of carbonyl (C=O) groups is 2. The highest BCUT2D eigenvalue weighted by Crippen LogP contribution is 2.43. The van der Waals surface area contributed by atoms with Crippen LogP contribution in [0.15, 0.2) is 107 Å². The molecule has 1 aliphatic heterocycles. The number of amides is 2. The van der Waals surface area contributed by atoms with Crippen LogP contribution in [0.5, 0.6) is 0 Å². The highest BCUT2D eigenvalue weighted by molar-refractivity contribution is 6.21. The van der Waals surface area contributed by atoms with Crippen molar-refractivity contribution in [1.82, 2.24) is 4.90 Å². The van der Waals surface area contributed by atoms with Gasteiger partial charge in [0.25, 0.3) is 11.8 Å². The minimum absolute atomic E-state index is 0. The average Bonchev–Trinajstić information content (AvgIpc) is 3.47. The third-order valence-electron chi connectivity index (χ3n) is 12.0. The molecule has 2 aliphatic carbocycles. The summed E-state index contributed by atoms with van der Waals surface area (Å²) in [5, 5.41) is 7.57. The van der Waals surface area contributed by atoms with E-state index in [4.69, 9.17) is 27.6 Å². The maximum atomic E-state index is 13.3. The fourth-order valence-corrected chi connectivity index (χ4v) is 8.72. The molecule has 0 fully saturated rings. The fraction of sp³-hybridized carbons (Fsp3) is 0.451. The average molecular weight is 876 g/mol. The number of aliphatic hydroxyl groups is 1. The van der Waals surface area contributed by atoms with Crippen LogP contribution >= 0.6 is 0 Å². The molecule has 1 heterocycles. The van der Waals surface area contributed by atoms with E-state index >= 15 is 0 Å². The molecule has 3 aromatic rings. The Morgan fingerprint density at radius 2 is 1.19 bits per heavy atom. The van der Waals surface area contributed by atoms with Crippen molar-refractivity contribution in [3.05, 3.63) is 141 Å². The van der Waals surface area contributed by atoms with Crippen LogP contribution in [0.2, 0.25) is 0 Å². The number of benzene rings is 3. The van der Waals surface area contributed by atoms with Crippen molar-refractivity contribution in [1.29, 1.82) is 11.1 Å². The van der Waals surface area contributed by atoms with Crippen molar-refractivity contribution in [2.24, 2.45) is 22.3 Å². The zero-order valence-corrected chi connectivity index (χ0v) is 38.2. The number of aliphatic hydroxyl groups excluding tert-OH is 1. The van der Waals surface area contributed by atoms with Crippen LogP contribution in [0, 0.1) is 21.9 Å². The van der Waals surface area contributed by atoms with Gasteiger partial charge in [-0.3, -0.25) is 14.5 Å². The summed E-state index contributed by atoms with van der Waals surface area (Å²) in [7, 11) is 0. The Bertz CT molecular complexity index is 2080. The van der Waals surface area contributed by atoms with Gasteiger partial charge in [0.2, 0.25) is 0 Å². The van der Waals surface area contributed by atoms with Gasteiger partial charge in [-0.05, 0) is 135 Å². The number of nitrogens with two attached hydrogens (primary N) is 2. The summed E-state index contributed by atoms with van der Waals surface area (Å²) in [4.78, 5) is 26.5. The van der Waals surface area contributed by atoms with Crippen LogP contribution in [-0.2, 0) is 0 Å². The van der Waals surface area contributed by atoms with Crippen molar-refractivity contribution >= 4 is 24.0 Å². The van der Waals surface area contributed by atoms with Gasteiger partial charge in [0, 0.05) is 20.6 Å². The van der Waals surface area contributed by atoms with Crippen molar-refractivity contribution in [2.75, 3.05) is 19.7 Å². The summed E-state index contributed by atoms with van der Waals surface area (Å²) in [6, 6.07) is 21.7. The Morgan fingerprint density at radius 3 is 1.60 bits per heavy atom. The lowest BCUT2D eigenvalue weighted by atomic mass is 9.72. The van der Waals surface area contributed by atoms with E-state index in [-0.39, 0.29) is 60.7 Å². The standard InChI is InChI=1S/C28H32N2O2.C21H28F3N.C2H6O.H2N2.H2O.H2/c1-19-8-7-16-28(2,3)24(19)14-13-20-9-6-10-21(18-20)25(29)15-17-30-26(31)22-11-4-5-12-23(22)27(30)32;1-15-6-5-12-20(2,3)18(15)10-9-16-7-4-8-17(14-16)19(11-13-25)21(22,23)24;1-2-3;1-2;;/h4-6,9-14,18,25H,7-8,15-17,29H2,1-3H3;4,7-10,14,19H,5-6,11-13,25H2,1-3H3;3H,2H2,1H3;1-2H;1H2;1H/b14-13+;10-9+;;;;. The molecule has 9 N–H and O–H groups in total. The monoisotopic (exact) mass is 876 g/mol. The number of nitrogens with zero attached hydrogens (tertiary/aromatic N) is 1. The highest BCUT2D eigenvalue weighted by atomic mass is 19.4. The van der Waals surface area contributed by atoms with Crippen LogP contribution in [0.1, 0.15) is 156 Å². The molecule has 12 heteroatoms. The molecular weight excluding hydrogens is 804 g/mol. The molecule has 2 amide bonds. The number of rotatable bonds is 11. The molecule has 2 unspecified atom stereocenters. The van der Waals surface area contributed by atoms with Gasteiger partial charge in [0.05, 0.1) is 17.0 Å². The molecule has 0 radical (unpaired) electrons. The van der Waals surface area contributed by atoms with E-state index in [1.54, 1.807) is 49.4 Å². The molecule has 2 atom stereocenters. The quantitative estimate of drug-likeness (QED) is 0.0945. The lowest BCUT2D eigenvalue weighted by Crippen LogP contribution is -2.32. The molecule has 346 valence electrons. The summed E-state index contributed by atoms with van der Waals surface area (Å²) in [5.74, 6) is -1.96. The topological polar surface area (TPSA) is 189 Å². The zero-order chi connectivity index (χ0) is 46.3. The second-order valence-electron chi connectivity index (χ2n) is 17.6. The maximum Gasteiger partial charge on any atom is 0.395 e. The van der Waals surface area contributed by atoms with E-state index in [0.717, 1.165) is 29.5 Å². The molecule has 0 saturated heterocycles. The Morgan fingerprint density at radius 1 is 0.762 bits per heavy atom. The molecule has 3 aliphatic rings. The van der Waals surface area contributed by atoms with Gasteiger partial charge in [-0.25, -0.2) is 11.1 Å². The first kappa shape index (κ1) is 54.1. The van der Waals surface area contributed by atoms with Crippen molar-refractivity contribution in [3.63, 3.8) is 0 Å². The van der Waals surface area contributed by atoms with Crippen LogP contribution in [0.3, 0.4) is 0 Å². The normalized spacial score (nSPS) is 17.8. The predicted molar refractivity (Wildman–Crippen MR) is 251 cm³/mol. The van der Waals surface area contributed by atoms with E-state index in [2.05, 4.69) is 71.9 Å². The third kappa shape index (κ3) is 14.8. The van der Waals surface area contributed by atoms with Crippen LogP contribution in [-0.4, -0.2) is 53.2 Å². The highest BCUT2D eigenvalue weighted by Gasteiger charge is 2.40. The van der Waals surface area contributed by atoms with Crippen LogP contribution in [0.25, 0.3) is 12.2 Å². The molecule has 0 saturated carbocycles. The van der Waals surface area contributed by atoms with Crippen molar-refractivity contribution < 1.29 is 34.8 Å². The lowest BCUT2D eigenvalue weighted by Gasteiger charge is -2.33. The van der Waals surface area contributed by atoms with E-state index in [1.165, 1.54) is 52.9 Å². The largest absolute Gasteiger partial charge is 0.412 e. The zero-order valence-electron chi connectivity index (χ0n) is 38.2. The predicted octanol–water partition coefficient (Wildman–Crippen LogP) is 12.1. The summed E-state index contributed by atoms with van der Waals surface area (Å²) in [5.41, 5.74) is 31.9. The molecule has 3 aromatic carbocycles. The first-order valence-corrected chi connectivity index (χ1v) is 21.6. The summed E-state index contributed by atoms with van der Waals surface area (Å²) in [6.07, 6.45) is 11.7. The van der Waals surface area contributed by atoms with Gasteiger partial charge in [-0.1, -0.05) is 124 Å². The molecular formula is C51H72F3N5O4.